The largest absolute Gasteiger partial charge is 0.346 e. The highest BCUT2D eigenvalue weighted by Crippen LogP contribution is 2.31. The van der Waals surface area contributed by atoms with E-state index in [9.17, 15) is 9.59 Å². The molecule has 0 aromatic rings. The van der Waals surface area contributed by atoms with E-state index in [-0.39, 0.29) is 17.7 Å². The van der Waals surface area contributed by atoms with Gasteiger partial charge in [-0.25, -0.2) is 0 Å². The monoisotopic (exact) mass is 308 g/mol. The molecule has 1 saturated heterocycles. The van der Waals surface area contributed by atoms with Crippen LogP contribution in [0.3, 0.4) is 0 Å². The normalized spacial score (nSPS) is 25.8. The average Bonchev–Trinajstić information content (AvgIpc) is 2.59. The van der Waals surface area contributed by atoms with Crippen LogP contribution in [0.15, 0.2) is 0 Å². The highest BCUT2D eigenvalue weighted by molar-refractivity contribution is 5.81. The van der Waals surface area contributed by atoms with Crippen molar-refractivity contribution in [2.75, 3.05) is 26.7 Å². The second kappa shape index (κ2) is 8.54. The van der Waals surface area contributed by atoms with Gasteiger partial charge in [0.2, 0.25) is 11.8 Å². The summed E-state index contributed by atoms with van der Waals surface area (Å²) in [5, 5.41) is 0. The first-order valence-electron chi connectivity index (χ1n) is 9.17. The minimum atomic E-state index is 0.146. The van der Waals surface area contributed by atoms with Crippen LogP contribution in [-0.4, -0.2) is 48.3 Å². The molecule has 1 aliphatic carbocycles. The van der Waals surface area contributed by atoms with Gasteiger partial charge in [0.1, 0.15) is 0 Å². The highest BCUT2D eigenvalue weighted by atomic mass is 16.2. The van der Waals surface area contributed by atoms with Crippen molar-refractivity contribution in [2.24, 2.45) is 11.8 Å². The lowest BCUT2D eigenvalue weighted by Gasteiger charge is -2.34. The third-order valence-electron chi connectivity index (χ3n) is 5.32. The molecule has 4 nitrogen and oxygen atoms in total. The van der Waals surface area contributed by atoms with Crippen LogP contribution >= 0.6 is 0 Å². The van der Waals surface area contributed by atoms with Gasteiger partial charge in [-0.05, 0) is 51.4 Å². The predicted octanol–water partition coefficient (Wildman–Crippen LogP) is 3.06. The van der Waals surface area contributed by atoms with Crippen LogP contribution in [0.2, 0.25) is 0 Å². The Kier molecular flexibility index (Phi) is 6.71. The van der Waals surface area contributed by atoms with Gasteiger partial charge in [-0.3, -0.25) is 9.59 Å². The zero-order valence-electron chi connectivity index (χ0n) is 14.4. The average molecular weight is 308 g/mol. The lowest BCUT2D eigenvalue weighted by atomic mass is 9.80. The van der Waals surface area contributed by atoms with Crippen LogP contribution in [0.1, 0.15) is 64.7 Å². The van der Waals surface area contributed by atoms with Crippen molar-refractivity contribution in [3.63, 3.8) is 0 Å². The summed E-state index contributed by atoms with van der Waals surface area (Å²) in [6, 6.07) is 0. The molecule has 22 heavy (non-hydrogen) atoms. The molecule has 1 saturated carbocycles. The fourth-order valence-electron chi connectivity index (χ4n) is 3.78. The van der Waals surface area contributed by atoms with Gasteiger partial charge >= 0.3 is 0 Å². The van der Waals surface area contributed by atoms with Gasteiger partial charge in [0.25, 0.3) is 0 Å². The zero-order valence-corrected chi connectivity index (χ0v) is 14.4. The summed E-state index contributed by atoms with van der Waals surface area (Å²) in [5.41, 5.74) is 0. The van der Waals surface area contributed by atoms with Gasteiger partial charge in [-0.15, -0.1) is 0 Å². The number of likely N-dealkylation sites (tertiary alicyclic amines) is 1. The maximum absolute atomic E-state index is 12.5. The summed E-state index contributed by atoms with van der Waals surface area (Å²) in [7, 11) is 1.92. The fourth-order valence-corrected chi connectivity index (χ4v) is 3.78. The number of carbonyl (C=O) groups excluding carboxylic acids is 2. The maximum Gasteiger partial charge on any atom is 0.225 e. The first-order valence-corrected chi connectivity index (χ1v) is 9.17. The first-order chi connectivity index (χ1) is 10.6. The Balaban J connectivity index is 1.77. The maximum atomic E-state index is 12.5. The van der Waals surface area contributed by atoms with Crippen LogP contribution < -0.4 is 0 Å². The Morgan fingerprint density at radius 2 is 1.59 bits per heavy atom. The smallest absolute Gasteiger partial charge is 0.225 e. The van der Waals surface area contributed by atoms with Crippen LogP contribution in [0.5, 0.6) is 0 Å². The van der Waals surface area contributed by atoms with E-state index in [1.807, 2.05) is 11.9 Å². The molecule has 0 atom stereocenters. The molecule has 1 aliphatic heterocycles. The quantitative estimate of drug-likeness (QED) is 0.783. The van der Waals surface area contributed by atoms with Crippen molar-refractivity contribution in [3.8, 4) is 0 Å². The standard InChI is InChI=1S/C18H32N2O2/c1-3-4-12-19(2)17(21)15-8-10-16(11-9-15)18(22)20-13-6-5-7-14-20/h15-16H,3-14H2,1-2H3. The lowest BCUT2D eigenvalue weighted by Crippen LogP contribution is -2.42. The first kappa shape index (κ1) is 17.3. The fraction of sp³-hybridized carbons (Fsp3) is 0.889. The third kappa shape index (κ3) is 4.47. The Labute approximate surface area is 135 Å². The molecule has 2 amide bonds. The van der Waals surface area contributed by atoms with Crippen molar-refractivity contribution in [2.45, 2.75) is 64.7 Å². The van der Waals surface area contributed by atoms with Crippen molar-refractivity contribution >= 4 is 11.8 Å². The summed E-state index contributed by atoms with van der Waals surface area (Å²) in [4.78, 5) is 28.9. The van der Waals surface area contributed by atoms with E-state index < -0.39 is 0 Å². The molecule has 0 spiro atoms. The molecule has 0 unspecified atom stereocenters. The number of unbranched alkanes of at least 4 members (excludes halogenated alkanes) is 1. The highest BCUT2D eigenvalue weighted by Gasteiger charge is 2.33. The molecule has 2 fully saturated rings. The second-order valence-corrected chi connectivity index (χ2v) is 7.05. The summed E-state index contributed by atoms with van der Waals surface area (Å²) in [6.07, 6.45) is 9.33. The third-order valence-corrected chi connectivity index (χ3v) is 5.32. The summed E-state index contributed by atoms with van der Waals surface area (Å²) >= 11 is 0. The van der Waals surface area contributed by atoms with Gasteiger partial charge in [0, 0.05) is 38.5 Å². The van der Waals surface area contributed by atoms with Crippen molar-refractivity contribution in [3.05, 3.63) is 0 Å². The summed E-state index contributed by atoms with van der Waals surface area (Å²) in [5.74, 6) is 0.956. The summed E-state index contributed by atoms with van der Waals surface area (Å²) < 4.78 is 0. The predicted molar refractivity (Wildman–Crippen MR) is 88.4 cm³/mol. The molecule has 2 rings (SSSR count). The molecular weight excluding hydrogens is 276 g/mol. The van der Waals surface area contributed by atoms with Crippen LogP contribution in [0.25, 0.3) is 0 Å². The molecule has 0 N–H and O–H groups in total. The SMILES string of the molecule is CCCCN(C)C(=O)C1CCC(C(=O)N2CCCCC2)CC1. The molecule has 0 radical (unpaired) electrons. The molecule has 1 heterocycles. The lowest BCUT2D eigenvalue weighted by molar-refractivity contribution is -0.141. The topological polar surface area (TPSA) is 40.6 Å². The van der Waals surface area contributed by atoms with Crippen LogP contribution in [0.4, 0.5) is 0 Å². The van der Waals surface area contributed by atoms with Gasteiger partial charge in [-0.1, -0.05) is 13.3 Å². The number of carbonyl (C=O) groups is 2. The molecule has 126 valence electrons. The minimum Gasteiger partial charge on any atom is -0.346 e. The van der Waals surface area contributed by atoms with E-state index in [2.05, 4.69) is 11.8 Å². The minimum absolute atomic E-state index is 0.146. The molecular formula is C18H32N2O2. The van der Waals surface area contributed by atoms with Crippen molar-refractivity contribution in [1.82, 2.24) is 9.80 Å². The van der Waals surface area contributed by atoms with E-state index >= 15 is 0 Å². The van der Waals surface area contributed by atoms with E-state index in [1.54, 1.807) is 0 Å². The number of piperidine rings is 1. The Morgan fingerprint density at radius 1 is 1.00 bits per heavy atom. The number of amides is 2. The van der Waals surface area contributed by atoms with E-state index in [0.29, 0.717) is 5.91 Å². The molecule has 2 aliphatic rings. The van der Waals surface area contributed by atoms with E-state index in [4.69, 9.17) is 0 Å². The van der Waals surface area contributed by atoms with Gasteiger partial charge < -0.3 is 9.80 Å². The second-order valence-electron chi connectivity index (χ2n) is 7.05. The molecule has 0 aromatic heterocycles. The van der Waals surface area contributed by atoms with Crippen molar-refractivity contribution in [1.29, 1.82) is 0 Å². The van der Waals surface area contributed by atoms with Crippen LogP contribution in [0, 0.1) is 11.8 Å². The number of nitrogens with zero attached hydrogens (tertiary/aromatic N) is 2. The Bertz CT molecular complexity index is 369. The van der Waals surface area contributed by atoms with Crippen molar-refractivity contribution < 1.29 is 9.59 Å². The van der Waals surface area contributed by atoms with E-state index in [1.165, 1.54) is 6.42 Å². The number of hydrogen-bond donors (Lipinski definition) is 0. The zero-order chi connectivity index (χ0) is 15.9. The Morgan fingerprint density at radius 3 is 2.18 bits per heavy atom. The molecule has 0 bridgehead atoms. The number of rotatable bonds is 5. The molecule has 0 aromatic carbocycles. The van der Waals surface area contributed by atoms with Gasteiger partial charge in [0.05, 0.1) is 0 Å². The van der Waals surface area contributed by atoms with Crippen LogP contribution in [-0.2, 0) is 9.59 Å². The number of hydrogen-bond acceptors (Lipinski definition) is 2. The van der Waals surface area contributed by atoms with Gasteiger partial charge in [0.15, 0.2) is 0 Å². The summed E-state index contributed by atoms with van der Waals surface area (Å²) in [6.45, 7) is 4.90. The molecule has 4 heteroatoms. The van der Waals surface area contributed by atoms with E-state index in [0.717, 1.165) is 71.0 Å². The Hall–Kier alpha value is -1.06. The van der Waals surface area contributed by atoms with Gasteiger partial charge in [-0.2, -0.15) is 0 Å².